The quantitative estimate of drug-likeness (QED) is 0.768. The van der Waals surface area contributed by atoms with Gasteiger partial charge in [-0.05, 0) is 30.6 Å². The molecule has 0 saturated carbocycles. The minimum atomic E-state index is -0.0471. The first-order valence-electron chi connectivity index (χ1n) is 7.27. The van der Waals surface area contributed by atoms with E-state index in [4.69, 9.17) is 10.5 Å². The maximum Gasteiger partial charge on any atom is 0.238 e. The van der Waals surface area contributed by atoms with Gasteiger partial charge in [0.15, 0.2) is 0 Å². The minimum Gasteiger partial charge on any atom is -0.495 e. The second kappa shape index (κ2) is 8.00. The molecule has 5 nitrogen and oxygen atoms in total. The summed E-state index contributed by atoms with van der Waals surface area (Å²) < 4.78 is 5.23. The maximum absolute atomic E-state index is 12.2. The maximum atomic E-state index is 12.2. The molecule has 1 rings (SSSR count). The molecule has 1 amide bonds. The molecule has 3 N–H and O–H groups in total. The highest BCUT2D eigenvalue weighted by Crippen LogP contribution is 2.23. The molecule has 0 aliphatic carbocycles. The lowest BCUT2D eigenvalue weighted by molar-refractivity contribution is -0.117. The van der Waals surface area contributed by atoms with Gasteiger partial charge in [-0.1, -0.05) is 32.9 Å². The van der Waals surface area contributed by atoms with E-state index in [0.29, 0.717) is 24.5 Å². The average molecular weight is 293 g/mol. The van der Waals surface area contributed by atoms with E-state index in [1.165, 1.54) is 0 Å². The number of nitrogens with two attached hydrogens (primary N) is 1. The van der Waals surface area contributed by atoms with Crippen LogP contribution in [0.15, 0.2) is 24.3 Å². The van der Waals surface area contributed by atoms with Crippen LogP contribution in [0.3, 0.4) is 0 Å². The van der Waals surface area contributed by atoms with Crippen LogP contribution >= 0.6 is 0 Å². The third-order valence-electron chi connectivity index (χ3n) is 3.40. The van der Waals surface area contributed by atoms with E-state index < -0.39 is 0 Å². The summed E-state index contributed by atoms with van der Waals surface area (Å²) in [7, 11) is 1.59. The molecule has 0 atom stereocenters. The van der Waals surface area contributed by atoms with Gasteiger partial charge in [0.05, 0.1) is 19.3 Å². The Morgan fingerprint density at radius 1 is 1.38 bits per heavy atom. The summed E-state index contributed by atoms with van der Waals surface area (Å²) in [5.74, 6) is 0.616. The number of ether oxygens (including phenoxy) is 1. The van der Waals surface area contributed by atoms with E-state index in [-0.39, 0.29) is 11.3 Å². The third kappa shape index (κ3) is 5.73. The molecule has 1 aromatic rings. The first-order chi connectivity index (χ1) is 9.91. The lowest BCUT2D eigenvalue weighted by atomic mass is 9.93. The predicted octanol–water partition coefficient (Wildman–Crippen LogP) is 1.94. The van der Waals surface area contributed by atoms with Gasteiger partial charge in [0.2, 0.25) is 5.91 Å². The van der Waals surface area contributed by atoms with Crippen LogP contribution in [0.1, 0.15) is 20.8 Å². The minimum absolute atomic E-state index is 0.000721. The van der Waals surface area contributed by atoms with Gasteiger partial charge in [0, 0.05) is 6.54 Å². The van der Waals surface area contributed by atoms with Crippen LogP contribution in [0, 0.1) is 5.41 Å². The Morgan fingerprint density at radius 2 is 2.05 bits per heavy atom. The number of methoxy groups -OCH3 is 1. The van der Waals surface area contributed by atoms with Gasteiger partial charge in [-0.2, -0.15) is 0 Å². The first kappa shape index (κ1) is 17.5. The van der Waals surface area contributed by atoms with E-state index in [1.807, 2.05) is 31.2 Å². The fraction of sp³-hybridized carbons (Fsp3) is 0.562. The summed E-state index contributed by atoms with van der Waals surface area (Å²) in [5.41, 5.74) is 6.45. The van der Waals surface area contributed by atoms with Crippen molar-refractivity contribution in [1.29, 1.82) is 0 Å². The number of hydrogen-bond acceptors (Lipinski definition) is 4. The number of rotatable bonds is 8. The molecule has 0 aliphatic heterocycles. The highest BCUT2D eigenvalue weighted by molar-refractivity contribution is 5.93. The Hall–Kier alpha value is -1.59. The van der Waals surface area contributed by atoms with Crippen LogP contribution in [0.25, 0.3) is 0 Å². The molecular weight excluding hydrogens is 266 g/mol. The Morgan fingerprint density at radius 3 is 2.62 bits per heavy atom. The Bertz CT molecular complexity index is 461. The molecule has 0 fully saturated rings. The summed E-state index contributed by atoms with van der Waals surface area (Å²) in [6.07, 6.45) is 0. The smallest absolute Gasteiger partial charge is 0.238 e. The summed E-state index contributed by atoms with van der Waals surface area (Å²) in [4.78, 5) is 14.3. The molecule has 21 heavy (non-hydrogen) atoms. The fourth-order valence-corrected chi connectivity index (χ4v) is 2.09. The molecular formula is C16H27N3O2. The molecule has 0 heterocycles. The van der Waals surface area contributed by atoms with Crippen molar-refractivity contribution in [3.05, 3.63) is 24.3 Å². The lowest BCUT2D eigenvalue weighted by Gasteiger charge is -2.30. The van der Waals surface area contributed by atoms with E-state index in [1.54, 1.807) is 7.11 Å². The normalized spacial score (nSPS) is 11.5. The predicted molar refractivity (Wildman–Crippen MR) is 86.6 cm³/mol. The number of benzene rings is 1. The Balaban J connectivity index is 2.63. The van der Waals surface area contributed by atoms with E-state index >= 15 is 0 Å². The van der Waals surface area contributed by atoms with Crippen LogP contribution in [0.4, 0.5) is 5.69 Å². The van der Waals surface area contributed by atoms with Crippen molar-refractivity contribution in [2.24, 2.45) is 11.1 Å². The molecule has 0 spiro atoms. The zero-order valence-corrected chi connectivity index (χ0v) is 13.5. The molecule has 0 radical (unpaired) electrons. The van der Waals surface area contributed by atoms with E-state index in [0.717, 1.165) is 13.1 Å². The van der Waals surface area contributed by atoms with Crippen LogP contribution in [0.5, 0.6) is 5.75 Å². The summed E-state index contributed by atoms with van der Waals surface area (Å²) >= 11 is 0. The van der Waals surface area contributed by atoms with Gasteiger partial charge in [-0.3, -0.25) is 9.69 Å². The average Bonchev–Trinajstić information content (AvgIpc) is 2.46. The number of likely N-dealkylation sites (N-methyl/N-ethyl adjacent to an activating group) is 1. The Labute approximate surface area is 127 Å². The molecule has 0 aliphatic rings. The SMILES string of the molecule is CCN(CC(=O)Nc1ccccc1OC)CC(C)(C)CN. The van der Waals surface area contributed by atoms with E-state index in [9.17, 15) is 4.79 Å². The van der Waals surface area contributed by atoms with Crippen molar-refractivity contribution in [2.75, 3.05) is 38.6 Å². The second-order valence-electron chi connectivity index (χ2n) is 5.92. The zero-order valence-electron chi connectivity index (χ0n) is 13.5. The van der Waals surface area contributed by atoms with Gasteiger partial charge in [0.1, 0.15) is 5.75 Å². The monoisotopic (exact) mass is 293 g/mol. The topological polar surface area (TPSA) is 67.6 Å². The number of nitrogens with zero attached hydrogens (tertiary/aromatic N) is 1. The van der Waals surface area contributed by atoms with Crippen molar-refractivity contribution in [1.82, 2.24) is 4.90 Å². The number of hydrogen-bond donors (Lipinski definition) is 2. The number of amides is 1. The van der Waals surface area contributed by atoms with Gasteiger partial charge < -0.3 is 15.8 Å². The largest absolute Gasteiger partial charge is 0.495 e. The van der Waals surface area contributed by atoms with Gasteiger partial charge in [0.25, 0.3) is 0 Å². The van der Waals surface area contributed by atoms with Crippen molar-refractivity contribution in [3.8, 4) is 5.75 Å². The molecule has 0 aromatic heterocycles. The number of nitrogens with one attached hydrogen (secondary N) is 1. The van der Waals surface area contributed by atoms with Crippen molar-refractivity contribution in [3.63, 3.8) is 0 Å². The van der Waals surface area contributed by atoms with Gasteiger partial charge in [-0.15, -0.1) is 0 Å². The number of anilines is 1. The highest BCUT2D eigenvalue weighted by atomic mass is 16.5. The van der Waals surface area contributed by atoms with Gasteiger partial charge >= 0.3 is 0 Å². The summed E-state index contributed by atoms with van der Waals surface area (Å²) in [5, 5.41) is 2.89. The van der Waals surface area contributed by atoms with Crippen LogP contribution in [-0.2, 0) is 4.79 Å². The lowest BCUT2D eigenvalue weighted by Crippen LogP contribution is -2.42. The second-order valence-corrected chi connectivity index (χ2v) is 5.92. The first-order valence-corrected chi connectivity index (χ1v) is 7.27. The van der Waals surface area contributed by atoms with E-state index in [2.05, 4.69) is 24.1 Å². The molecule has 1 aromatic carbocycles. The molecule has 0 saturated heterocycles. The van der Waals surface area contributed by atoms with Gasteiger partial charge in [-0.25, -0.2) is 0 Å². The molecule has 118 valence electrons. The summed E-state index contributed by atoms with van der Waals surface area (Å²) in [6, 6.07) is 7.39. The van der Waals surface area contributed by atoms with Crippen molar-refractivity contribution < 1.29 is 9.53 Å². The fourth-order valence-electron chi connectivity index (χ4n) is 2.09. The Kier molecular flexibility index (Phi) is 6.65. The highest BCUT2D eigenvalue weighted by Gasteiger charge is 2.21. The standard InChI is InChI=1S/C16H27N3O2/c1-5-19(12-16(2,3)11-17)10-15(20)18-13-8-6-7-9-14(13)21-4/h6-9H,5,10-12,17H2,1-4H3,(H,18,20). The zero-order chi connectivity index (χ0) is 15.9. The van der Waals surface area contributed by atoms with Crippen molar-refractivity contribution in [2.45, 2.75) is 20.8 Å². The molecule has 0 unspecified atom stereocenters. The number of carbonyl (C=O) groups is 1. The van der Waals surface area contributed by atoms with Crippen LogP contribution < -0.4 is 15.8 Å². The van der Waals surface area contributed by atoms with Crippen molar-refractivity contribution >= 4 is 11.6 Å². The summed E-state index contributed by atoms with van der Waals surface area (Å²) in [6.45, 7) is 8.79. The molecule has 0 bridgehead atoms. The van der Waals surface area contributed by atoms with Crippen LogP contribution in [-0.4, -0.2) is 44.1 Å². The third-order valence-corrected chi connectivity index (χ3v) is 3.40. The number of para-hydroxylation sites is 2. The molecule has 5 heteroatoms. The number of carbonyl (C=O) groups excluding carboxylic acids is 1. The van der Waals surface area contributed by atoms with Crippen LogP contribution in [0.2, 0.25) is 0 Å².